The van der Waals surface area contributed by atoms with Gasteiger partial charge in [0.1, 0.15) is 11.5 Å². The van der Waals surface area contributed by atoms with Gasteiger partial charge in [-0.3, -0.25) is 9.59 Å². The zero-order valence-electron chi connectivity index (χ0n) is 13.9. The first-order valence-corrected chi connectivity index (χ1v) is 7.40. The number of rotatable bonds is 6. The summed E-state index contributed by atoms with van der Waals surface area (Å²) < 4.78 is 10.3. The smallest absolute Gasteiger partial charge is 0.255 e. The molecule has 0 fully saturated rings. The molecule has 6 heteroatoms. The topological polar surface area (TPSA) is 76.7 Å². The summed E-state index contributed by atoms with van der Waals surface area (Å²) in [5.74, 6) is 0.674. The van der Waals surface area contributed by atoms with Crippen molar-refractivity contribution in [1.82, 2.24) is 10.6 Å². The Labute approximate surface area is 140 Å². The number of amides is 2. The molecule has 2 N–H and O–H groups in total. The van der Waals surface area contributed by atoms with Crippen molar-refractivity contribution in [2.75, 3.05) is 21.3 Å². The van der Waals surface area contributed by atoms with Crippen LogP contribution >= 0.6 is 0 Å². The van der Waals surface area contributed by atoms with E-state index in [0.29, 0.717) is 29.2 Å². The van der Waals surface area contributed by atoms with E-state index in [1.165, 1.54) is 7.11 Å². The Morgan fingerprint density at radius 2 is 1.67 bits per heavy atom. The van der Waals surface area contributed by atoms with Gasteiger partial charge in [0, 0.05) is 25.2 Å². The monoisotopic (exact) mass is 328 g/mol. The number of nitrogens with one attached hydrogen (secondary N) is 2. The molecule has 0 aliphatic heterocycles. The summed E-state index contributed by atoms with van der Waals surface area (Å²) in [5.41, 5.74) is 1.90. The van der Waals surface area contributed by atoms with Crippen LogP contribution in [0.4, 0.5) is 0 Å². The Balaban J connectivity index is 2.04. The van der Waals surface area contributed by atoms with Crippen LogP contribution in [0.15, 0.2) is 42.5 Å². The van der Waals surface area contributed by atoms with Crippen LogP contribution in [0.2, 0.25) is 0 Å². The first-order valence-electron chi connectivity index (χ1n) is 7.40. The lowest BCUT2D eigenvalue weighted by molar-refractivity contribution is 0.0943. The van der Waals surface area contributed by atoms with Crippen molar-refractivity contribution in [1.29, 1.82) is 0 Å². The van der Waals surface area contributed by atoms with Gasteiger partial charge in [-0.25, -0.2) is 0 Å². The minimum Gasteiger partial charge on any atom is -0.497 e. The van der Waals surface area contributed by atoms with Gasteiger partial charge in [-0.05, 0) is 29.8 Å². The molecule has 0 atom stereocenters. The van der Waals surface area contributed by atoms with Gasteiger partial charge in [0.05, 0.1) is 19.8 Å². The third kappa shape index (κ3) is 4.04. The summed E-state index contributed by atoms with van der Waals surface area (Å²) in [7, 11) is 4.64. The lowest BCUT2D eigenvalue weighted by Gasteiger charge is -2.11. The lowest BCUT2D eigenvalue weighted by atomic mass is 10.1. The second-order valence-corrected chi connectivity index (χ2v) is 5.02. The SMILES string of the molecule is CNC(=O)c1ccc(CNC(=O)c2ccc(OC)cc2OC)cc1. The molecule has 0 aliphatic carbocycles. The first kappa shape index (κ1) is 17.3. The summed E-state index contributed by atoms with van der Waals surface area (Å²) in [6.07, 6.45) is 0. The van der Waals surface area contributed by atoms with Gasteiger partial charge >= 0.3 is 0 Å². The van der Waals surface area contributed by atoms with Crippen LogP contribution < -0.4 is 20.1 Å². The molecule has 2 amide bonds. The number of carbonyl (C=O) groups excluding carboxylic acids is 2. The number of hydrogen-bond donors (Lipinski definition) is 2. The highest BCUT2D eigenvalue weighted by atomic mass is 16.5. The predicted octanol–water partition coefficient (Wildman–Crippen LogP) is 1.99. The third-order valence-corrected chi connectivity index (χ3v) is 3.55. The molecule has 24 heavy (non-hydrogen) atoms. The molecule has 0 radical (unpaired) electrons. The van der Waals surface area contributed by atoms with Gasteiger partial charge in [0.2, 0.25) is 0 Å². The van der Waals surface area contributed by atoms with Crippen molar-refractivity contribution in [2.24, 2.45) is 0 Å². The van der Waals surface area contributed by atoms with E-state index in [4.69, 9.17) is 9.47 Å². The Hall–Kier alpha value is -3.02. The fraction of sp³-hybridized carbons (Fsp3) is 0.222. The van der Waals surface area contributed by atoms with Crippen LogP contribution in [-0.2, 0) is 6.54 Å². The fourth-order valence-electron chi connectivity index (χ4n) is 2.18. The second-order valence-electron chi connectivity index (χ2n) is 5.02. The minimum atomic E-state index is -0.245. The molecule has 0 aliphatic rings. The van der Waals surface area contributed by atoms with E-state index in [1.807, 2.05) is 0 Å². The Kier molecular flexibility index (Phi) is 5.78. The Morgan fingerprint density at radius 3 is 2.25 bits per heavy atom. The maximum Gasteiger partial charge on any atom is 0.255 e. The van der Waals surface area contributed by atoms with Gasteiger partial charge in [-0.1, -0.05) is 12.1 Å². The fourth-order valence-corrected chi connectivity index (χ4v) is 2.18. The van der Waals surface area contributed by atoms with E-state index in [9.17, 15) is 9.59 Å². The van der Waals surface area contributed by atoms with Crippen molar-refractivity contribution in [2.45, 2.75) is 6.54 Å². The normalized spacial score (nSPS) is 9.96. The van der Waals surface area contributed by atoms with Gasteiger partial charge in [-0.2, -0.15) is 0 Å². The summed E-state index contributed by atoms with van der Waals surface area (Å²) >= 11 is 0. The maximum absolute atomic E-state index is 12.3. The second kappa shape index (κ2) is 8.01. The van der Waals surface area contributed by atoms with Gasteiger partial charge < -0.3 is 20.1 Å². The van der Waals surface area contributed by atoms with Crippen LogP contribution in [0.3, 0.4) is 0 Å². The van der Waals surface area contributed by atoms with Crippen molar-refractivity contribution >= 4 is 11.8 Å². The van der Waals surface area contributed by atoms with E-state index in [0.717, 1.165) is 5.56 Å². The molecule has 0 heterocycles. The largest absolute Gasteiger partial charge is 0.497 e. The van der Waals surface area contributed by atoms with E-state index < -0.39 is 0 Å². The lowest BCUT2D eigenvalue weighted by Crippen LogP contribution is -2.23. The van der Waals surface area contributed by atoms with Gasteiger partial charge in [0.15, 0.2) is 0 Å². The maximum atomic E-state index is 12.3. The molecule has 6 nitrogen and oxygen atoms in total. The zero-order valence-corrected chi connectivity index (χ0v) is 13.9. The molecule has 0 saturated heterocycles. The first-order chi connectivity index (χ1) is 11.6. The minimum absolute atomic E-state index is 0.145. The highest BCUT2D eigenvalue weighted by molar-refractivity contribution is 5.97. The van der Waals surface area contributed by atoms with Crippen molar-refractivity contribution in [3.8, 4) is 11.5 Å². The summed E-state index contributed by atoms with van der Waals surface area (Å²) in [6.45, 7) is 0.349. The van der Waals surface area contributed by atoms with Crippen molar-refractivity contribution in [3.05, 3.63) is 59.2 Å². The van der Waals surface area contributed by atoms with E-state index in [1.54, 1.807) is 56.6 Å². The van der Waals surface area contributed by atoms with Gasteiger partial charge in [0.25, 0.3) is 11.8 Å². The number of ether oxygens (including phenoxy) is 2. The number of benzene rings is 2. The quantitative estimate of drug-likeness (QED) is 0.850. The molecule has 0 spiro atoms. The number of methoxy groups -OCH3 is 2. The summed E-state index contributed by atoms with van der Waals surface area (Å²) in [6, 6.07) is 12.1. The van der Waals surface area contributed by atoms with Crippen LogP contribution in [0, 0.1) is 0 Å². The standard InChI is InChI=1S/C18H20N2O4/c1-19-17(21)13-6-4-12(5-7-13)11-20-18(22)15-9-8-14(23-2)10-16(15)24-3/h4-10H,11H2,1-3H3,(H,19,21)(H,20,22). The molecule has 0 unspecified atom stereocenters. The molecule has 126 valence electrons. The molecule has 0 aromatic heterocycles. The van der Waals surface area contributed by atoms with E-state index in [2.05, 4.69) is 10.6 Å². The molecule has 0 saturated carbocycles. The zero-order chi connectivity index (χ0) is 17.5. The predicted molar refractivity (Wildman–Crippen MR) is 90.5 cm³/mol. The van der Waals surface area contributed by atoms with Crippen LogP contribution in [0.1, 0.15) is 26.3 Å². The van der Waals surface area contributed by atoms with Crippen LogP contribution in [0.25, 0.3) is 0 Å². The van der Waals surface area contributed by atoms with Crippen LogP contribution in [0.5, 0.6) is 11.5 Å². The number of hydrogen-bond acceptors (Lipinski definition) is 4. The van der Waals surface area contributed by atoms with Crippen LogP contribution in [-0.4, -0.2) is 33.1 Å². The summed E-state index contributed by atoms with van der Waals surface area (Å²) in [5, 5.41) is 5.39. The molecule has 2 rings (SSSR count). The third-order valence-electron chi connectivity index (χ3n) is 3.55. The molecule has 0 bridgehead atoms. The summed E-state index contributed by atoms with van der Waals surface area (Å²) in [4.78, 5) is 23.8. The van der Waals surface area contributed by atoms with E-state index >= 15 is 0 Å². The highest BCUT2D eigenvalue weighted by Gasteiger charge is 2.13. The van der Waals surface area contributed by atoms with Crippen molar-refractivity contribution < 1.29 is 19.1 Å². The Bertz CT molecular complexity index is 726. The molecular weight excluding hydrogens is 308 g/mol. The average molecular weight is 328 g/mol. The van der Waals surface area contributed by atoms with Gasteiger partial charge in [-0.15, -0.1) is 0 Å². The molecule has 2 aromatic carbocycles. The highest BCUT2D eigenvalue weighted by Crippen LogP contribution is 2.24. The Morgan fingerprint density at radius 1 is 0.958 bits per heavy atom. The molecule has 2 aromatic rings. The van der Waals surface area contributed by atoms with E-state index in [-0.39, 0.29) is 11.8 Å². The average Bonchev–Trinajstić information content (AvgIpc) is 2.65. The molecular formula is C18H20N2O4. The number of carbonyl (C=O) groups is 2. The van der Waals surface area contributed by atoms with Crippen molar-refractivity contribution in [3.63, 3.8) is 0 Å².